The van der Waals surface area contributed by atoms with Crippen LogP contribution in [0, 0.1) is 0 Å². The second-order valence-corrected chi connectivity index (χ2v) is 7.51. The molecule has 1 atom stereocenters. The maximum Gasteiger partial charge on any atom is 0.251 e. The molecule has 0 aliphatic carbocycles. The van der Waals surface area contributed by atoms with Crippen LogP contribution in [0.3, 0.4) is 0 Å². The van der Waals surface area contributed by atoms with Crippen LogP contribution in [0.2, 0.25) is 5.02 Å². The van der Waals surface area contributed by atoms with E-state index in [2.05, 4.69) is 10.6 Å². The first-order valence-electron chi connectivity index (χ1n) is 7.76. The monoisotopic (exact) mass is 380 g/mol. The molecule has 1 unspecified atom stereocenters. The van der Waals surface area contributed by atoms with Gasteiger partial charge in [-0.3, -0.25) is 4.79 Å². The maximum atomic E-state index is 12.6. The fraction of sp³-hybridized carbons (Fsp3) is 0.278. The second-order valence-electron chi connectivity index (χ2n) is 5.93. The molecular formula is C18H18Cl2N2OS. The molecule has 2 aromatic rings. The molecule has 2 N–H and O–H groups in total. The minimum atomic E-state index is -0.0116. The lowest BCUT2D eigenvalue weighted by molar-refractivity contribution is 0.0935. The van der Waals surface area contributed by atoms with Gasteiger partial charge in [-0.25, -0.2) is 0 Å². The lowest BCUT2D eigenvalue weighted by Gasteiger charge is -2.26. The Hall–Kier alpha value is -1.20. The van der Waals surface area contributed by atoms with Gasteiger partial charge in [-0.1, -0.05) is 17.7 Å². The van der Waals surface area contributed by atoms with E-state index >= 15 is 0 Å². The molecule has 1 amide bonds. The van der Waals surface area contributed by atoms with Crippen molar-refractivity contribution in [2.75, 3.05) is 5.75 Å². The van der Waals surface area contributed by atoms with Gasteiger partial charge in [0.2, 0.25) is 0 Å². The van der Waals surface area contributed by atoms with E-state index in [-0.39, 0.29) is 24.4 Å². The summed E-state index contributed by atoms with van der Waals surface area (Å²) in [4.78, 5) is 13.8. The lowest BCUT2D eigenvalue weighted by atomic mass is 10.0. The molecule has 2 aliphatic rings. The van der Waals surface area contributed by atoms with Crippen molar-refractivity contribution >= 4 is 41.7 Å². The van der Waals surface area contributed by atoms with Crippen molar-refractivity contribution < 1.29 is 4.79 Å². The van der Waals surface area contributed by atoms with Gasteiger partial charge in [0, 0.05) is 34.3 Å². The van der Waals surface area contributed by atoms with Crippen molar-refractivity contribution in [2.24, 2.45) is 0 Å². The van der Waals surface area contributed by atoms with Crippen LogP contribution in [0.25, 0.3) is 0 Å². The van der Waals surface area contributed by atoms with Gasteiger partial charge >= 0.3 is 0 Å². The van der Waals surface area contributed by atoms with Gasteiger partial charge in [0.1, 0.15) is 0 Å². The summed E-state index contributed by atoms with van der Waals surface area (Å²) in [5.74, 6) is 0.996. The third-order valence-electron chi connectivity index (χ3n) is 4.42. The molecule has 0 bridgehead atoms. The predicted molar refractivity (Wildman–Crippen MR) is 101 cm³/mol. The minimum Gasteiger partial charge on any atom is -0.345 e. The number of fused-ring (bicyclic) bond motifs is 2. The topological polar surface area (TPSA) is 41.1 Å². The number of benzene rings is 2. The van der Waals surface area contributed by atoms with Crippen molar-refractivity contribution in [3.63, 3.8) is 0 Å². The van der Waals surface area contributed by atoms with Crippen LogP contribution < -0.4 is 10.6 Å². The van der Waals surface area contributed by atoms with Gasteiger partial charge in [0.05, 0.1) is 6.04 Å². The molecule has 6 heteroatoms. The summed E-state index contributed by atoms with van der Waals surface area (Å²) in [6, 6.07) is 11.9. The van der Waals surface area contributed by atoms with E-state index in [1.54, 1.807) is 0 Å². The number of carbonyl (C=O) groups is 1. The average Bonchev–Trinajstić information content (AvgIpc) is 3.03. The molecule has 0 radical (unpaired) electrons. The average molecular weight is 381 g/mol. The van der Waals surface area contributed by atoms with Crippen molar-refractivity contribution in [2.45, 2.75) is 30.4 Å². The van der Waals surface area contributed by atoms with E-state index in [9.17, 15) is 4.79 Å². The van der Waals surface area contributed by atoms with Crippen LogP contribution in [-0.2, 0) is 13.1 Å². The number of amides is 1. The van der Waals surface area contributed by atoms with E-state index in [1.807, 2.05) is 48.2 Å². The van der Waals surface area contributed by atoms with Gasteiger partial charge in [-0.2, -0.15) is 0 Å². The van der Waals surface area contributed by atoms with Crippen molar-refractivity contribution in [1.82, 2.24) is 10.6 Å². The zero-order valence-corrected chi connectivity index (χ0v) is 15.4. The third-order valence-corrected chi connectivity index (χ3v) is 5.77. The van der Waals surface area contributed by atoms with Crippen LogP contribution in [0.15, 0.2) is 41.3 Å². The van der Waals surface area contributed by atoms with Crippen LogP contribution >= 0.6 is 35.8 Å². The van der Waals surface area contributed by atoms with E-state index in [1.165, 1.54) is 16.0 Å². The maximum absolute atomic E-state index is 12.6. The number of hydrogen-bond acceptors (Lipinski definition) is 3. The molecule has 4 rings (SSSR count). The largest absolute Gasteiger partial charge is 0.345 e. The first-order valence-corrected chi connectivity index (χ1v) is 9.13. The highest BCUT2D eigenvalue weighted by Crippen LogP contribution is 2.37. The van der Waals surface area contributed by atoms with Crippen molar-refractivity contribution in [3.8, 4) is 0 Å². The van der Waals surface area contributed by atoms with Crippen LogP contribution in [0.1, 0.15) is 39.5 Å². The van der Waals surface area contributed by atoms with Crippen LogP contribution in [-0.4, -0.2) is 11.7 Å². The Morgan fingerprint density at radius 2 is 2.00 bits per heavy atom. The first-order chi connectivity index (χ1) is 11.2. The molecular weight excluding hydrogens is 363 g/mol. The van der Waals surface area contributed by atoms with Crippen LogP contribution in [0.4, 0.5) is 0 Å². The number of nitrogens with one attached hydrogen (secondary N) is 2. The smallest absolute Gasteiger partial charge is 0.251 e. The second kappa shape index (κ2) is 7.36. The summed E-state index contributed by atoms with van der Waals surface area (Å²) in [5.41, 5.74) is 4.37. The Labute approximate surface area is 157 Å². The molecule has 0 fully saturated rings. The van der Waals surface area contributed by atoms with Crippen molar-refractivity contribution in [1.29, 1.82) is 0 Å². The SMILES string of the molecule is Cl.O=C(NC1CCSc2ccc(Cl)cc21)c1ccc2c(c1)CNC2. The molecule has 126 valence electrons. The highest BCUT2D eigenvalue weighted by molar-refractivity contribution is 7.99. The van der Waals surface area contributed by atoms with E-state index in [0.717, 1.165) is 36.4 Å². The number of halogens is 2. The zero-order chi connectivity index (χ0) is 15.8. The van der Waals surface area contributed by atoms with E-state index in [4.69, 9.17) is 11.6 Å². The fourth-order valence-electron chi connectivity index (χ4n) is 3.19. The Morgan fingerprint density at radius 1 is 1.17 bits per heavy atom. The Morgan fingerprint density at radius 3 is 2.88 bits per heavy atom. The Kier molecular flexibility index (Phi) is 5.40. The Balaban J connectivity index is 0.00000169. The summed E-state index contributed by atoms with van der Waals surface area (Å²) in [5, 5.41) is 7.20. The van der Waals surface area contributed by atoms with Gasteiger partial charge in [0.15, 0.2) is 0 Å². The van der Waals surface area contributed by atoms with Crippen LogP contribution in [0.5, 0.6) is 0 Å². The molecule has 2 aromatic carbocycles. The van der Waals surface area contributed by atoms with Gasteiger partial charge in [-0.15, -0.1) is 24.2 Å². The molecule has 0 saturated heterocycles. The third kappa shape index (κ3) is 3.42. The number of hydrogen-bond donors (Lipinski definition) is 2. The molecule has 3 nitrogen and oxygen atoms in total. The molecule has 2 aliphatic heterocycles. The first kappa shape index (κ1) is 17.6. The summed E-state index contributed by atoms with van der Waals surface area (Å²) in [6.07, 6.45) is 0.927. The van der Waals surface area contributed by atoms with Gasteiger partial charge in [-0.05, 0) is 53.4 Å². The highest BCUT2D eigenvalue weighted by Gasteiger charge is 2.23. The molecule has 0 aromatic heterocycles. The molecule has 24 heavy (non-hydrogen) atoms. The standard InChI is InChI=1S/C18H17ClN2OS.ClH/c19-14-3-4-17-15(8-14)16(5-6-23-17)21-18(22)11-1-2-12-9-20-10-13(12)7-11;/h1-4,7-8,16,20H,5-6,9-10H2,(H,21,22);1H. The normalized spacial score (nSPS) is 18.3. The van der Waals surface area contributed by atoms with Crippen molar-refractivity contribution in [3.05, 3.63) is 63.7 Å². The van der Waals surface area contributed by atoms with Gasteiger partial charge in [0.25, 0.3) is 5.91 Å². The lowest BCUT2D eigenvalue weighted by Crippen LogP contribution is -2.30. The number of rotatable bonds is 2. The zero-order valence-electron chi connectivity index (χ0n) is 13.0. The van der Waals surface area contributed by atoms with Gasteiger partial charge < -0.3 is 10.6 Å². The quantitative estimate of drug-likeness (QED) is 0.814. The summed E-state index contributed by atoms with van der Waals surface area (Å²) < 4.78 is 0. The Bertz CT molecular complexity index is 782. The van der Waals surface area contributed by atoms with E-state index in [0.29, 0.717) is 5.02 Å². The minimum absolute atomic E-state index is 0. The van der Waals surface area contributed by atoms with E-state index < -0.39 is 0 Å². The summed E-state index contributed by atoms with van der Waals surface area (Å²) in [7, 11) is 0. The highest BCUT2D eigenvalue weighted by atomic mass is 35.5. The molecule has 2 heterocycles. The predicted octanol–water partition coefficient (Wildman–Crippen LogP) is 4.33. The summed E-state index contributed by atoms with van der Waals surface area (Å²) >= 11 is 7.95. The molecule has 0 spiro atoms. The molecule has 0 saturated carbocycles. The summed E-state index contributed by atoms with van der Waals surface area (Å²) in [6.45, 7) is 1.73. The number of thioether (sulfide) groups is 1. The number of carbonyl (C=O) groups excluding carboxylic acids is 1. The fourth-order valence-corrected chi connectivity index (χ4v) is 4.48.